The van der Waals surface area contributed by atoms with Crippen LogP contribution in [0.3, 0.4) is 0 Å². The smallest absolute Gasteiger partial charge is 0.234 e. The Balaban J connectivity index is 2.04. The maximum absolute atomic E-state index is 2.57. The molecule has 0 aliphatic carbocycles. The van der Waals surface area contributed by atoms with E-state index in [2.05, 4.69) is 42.3 Å². The number of imidazole rings is 1. The lowest BCUT2D eigenvalue weighted by atomic mass is 10.0. The molecule has 0 radical (unpaired) electrons. The first-order chi connectivity index (χ1) is 17.3. The highest BCUT2D eigenvalue weighted by atomic mass is 15.1. The van der Waals surface area contributed by atoms with E-state index in [1.54, 1.807) is 5.82 Å². The van der Waals surface area contributed by atoms with Crippen LogP contribution in [0.1, 0.15) is 181 Å². The van der Waals surface area contributed by atoms with Gasteiger partial charge in [-0.2, -0.15) is 0 Å². The Morgan fingerprint density at radius 1 is 0.486 bits per heavy atom. The molecule has 0 atom stereocenters. The molecule has 1 heterocycles. The molecular formula is C33H65N2+. The Morgan fingerprint density at radius 2 is 0.886 bits per heavy atom. The van der Waals surface area contributed by atoms with Crippen molar-refractivity contribution in [3.05, 3.63) is 18.2 Å². The summed E-state index contributed by atoms with van der Waals surface area (Å²) in [5.74, 6) is 1.57. The van der Waals surface area contributed by atoms with Crippen LogP contribution in [0, 0.1) is 0 Å². The van der Waals surface area contributed by atoms with E-state index < -0.39 is 0 Å². The van der Waals surface area contributed by atoms with Crippen molar-refractivity contribution < 1.29 is 4.57 Å². The van der Waals surface area contributed by atoms with E-state index in [4.69, 9.17) is 0 Å². The summed E-state index contributed by atoms with van der Waals surface area (Å²) in [6.07, 6.45) is 40.1. The molecule has 0 unspecified atom stereocenters. The third-order valence-corrected chi connectivity index (χ3v) is 7.82. The van der Waals surface area contributed by atoms with Crippen LogP contribution in [-0.4, -0.2) is 4.57 Å². The second-order valence-electron chi connectivity index (χ2n) is 11.3. The van der Waals surface area contributed by atoms with Gasteiger partial charge in [-0.1, -0.05) is 143 Å². The van der Waals surface area contributed by atoms with Gasteiger partial charge in [0.05, 0.1) is 13.1 Å². The van der Waals surface area contributed by atoms with Crippen molar-refractivity contribution in [2.75, 3.05) is 0 Å². The van der Waals surface area contributed by atoms with E-state index in [9.17, 15) is 0 Å². The predicted molar refractivity (Wildman–Crippen MR) is 156 cm³/mol. The van der Waals surface area contributed by atoms with E-state index in [0.717, 1.165) is 0 Å². The lowest BCUT2D eigenvalue weighted by Gasteiger charge is -2.06. The minimum Gasteiger partial charge on any atom is -0.234 e. The standard InChI is InChI=1S/C33H65N2/c1-4-7-9-11-13-15-16-17-18-19-20-21-23-25-27-30-35-32-31-34(33(35)28-6-3)29-26-24-22-14-12-10-8-5-2/h31-32H,4-30H2,1-3H3/q+1. The van der Waals surface area contributed by atoms with E-state index in [-0.39, 0.29) is 0 Å². The van der Waals surface area contributed by atoms with Gasteiger partial charge in [-0.05, 0) is 32.1 Å². The summed E-state index contributed by atoms with van der Waals surface area (Å²) in [5.41, 5.74) is 0. The summed E-state index contributed by atoms with van der Waals surface area (Å²) in [7, 11) is 0. The van der Waals surface area contributed by atoms with Gasteiger partial charge in [0.15, 0.2) is 0 Å². The summed E-state index contributed by atoms with van der Waals surface area (Å²) in [6, 6.07) is 0. The van der Waals surface area contributed by atoms with Gasteiger partial charge in [0.1, 0.15) is 12.4 Å². The van der Waals surface area contributed by atoms with Gasteiger partial charge in [-0.3, -0.25) is 0 Å². The van der Waals surface area contributed by atoms with Gasteiger partial charge in [0, 0.05) is 6.42 Å². The molecule has 0 spiro atoms. The summed E-state index contributed by atoms with van der Waals surface area (Å²) in [6.45, 7) is 9.37. The van der Waals surface area contributed by atoms with Crippen LogP contribution in [0.15, 0.2) is 12.4 Å². The number of aromatic nitrogens is 2. The molecule has 2 nitrogen and oxygen atoms in total. The molecule has 0 saturated carbocycles. The zero-order valence-corrected chi connectivity index (χ0v) is 24.6. The summed E-state index contributed by atoms with van der Waals surface area (Å²) < 4.78 is 5.13. The highest BCUT2D eigenvalue weighted by Gasteiger charge is 2.15. The van der Waals surface area contributed by atoms with Crippen molar-refractivity contribution in [1.29, 1.82) is 0 Å². The number of aryl methyl sites for hydroxylation is 2. The van der Waals surface area contributed by atoms with Gasteiger partial charge in [0.2, 0.25) is 0 Å². The van der Waals surface area contributed by atoms with Crippen molar-refractivity contribution >= 4 is 0 Å². The lowest BCUT2D eigenvalue weighted by Crippen LogP contribution is -2.37. The molecule has 0 bridgehead atoms. The first kappa shape index (κ1) is 32.2. The highest BCUT2D eigenvalue weighted by molar-refractivity contribution is 4.84. The van der Waals surface area contributed by atoms with Gasteiger partial charge in [0.25, 0.3) is 5.82 Å². The van der Waals surface area contributed by atoms with Gasteiger partial charge in [-0.25, -0.2) is 9.13 Å². The lowest BCUT2D eigenvalue weighted by molar-refractivity contribution is -0.704. The van der Waals surface area contributed by atoms with Crippen molar-refractivity contribution in [2.45, 2.75) is 194 Å². The predicted octanol–water partition coefficient (Wildman–Crippen LogP) is 10.7. The summed E-state index contributed by atoms with van der Waals surface area (Å²) in [4.78, 5) is 0. The first-order valence-corrected chi connectivity index (χ1v) is 16.4. The van der Waals surface area contributed by atoms with Crippen LogP contribution in [0.4, 0.5) is 0 Å². The van der Waals surface area contributed by atoms with E-state index in [0.29, 0.717) is 0 Å². The fourth-order valence-corrected chi connectivity index (χ4v) is 5.49. The molecule has 0 fully saturated rings. The van der Waals surface area contributed by atoms with Gasteiger partial charge >= 0.3 is 0 Å². The third-order valence-electron chi connectivity index (χ3n) is 7.82. The van der Waals surface area contributed by atoms with E-state index >= 15 is 0 Å². The van der Waals surface area contributed by atoms with Gasteiger partial charge in [-0.15, -0.1) is 0 Å². The SMILES string of the molecule is CCCCCCCCCCCCCCCCC[n+]1ccn(CCCCCCCCCC)c1CCC. The Morgan fingerprint density at radius 3 is 1.31 bits per heavy atom. The van der Waals surface area contributed by atoms with Crippen LogP contribution in [0.2, 0.25) is 0 Å². The van der Waals surface area contributed by atoms with Crippen molar-refractivity contribution in [3.63, 3.8) is 0 Å². The van der Waals surface area contributed by atoms with Crippen LogP contribution < -0.4 is 4.57 Å². The molecule has 1 aromatic heterocycles. The van der Waals surface area contributed by atoms with E-state index in [1.165, 1.54) is 174 Å². The van der Waals surface area contributed by atoms with Crippen LogP contribution in [0.25, 0.3) is 0 Å². The Hall–Kier alpha value is -0.790. The fraction of sp³-hybridized carbons (Fsp3) is 0.909. The van der Waals surface area contributed by atoms with Crippen molar-refractivity contribution in [1.82, 2.24) is 4.57 Å². The quantitative estimate of drug-likeness (QED) is 0.0858. The zero-order valence-electron chi connectivity index (χ0n) is 24.6. The average molecular weight is 490 g/mol. The average Bonchev–Trinajstić information content (AvgIpc) is 3.24. The molecule has 1 aromatic rings. The fourth-order valence-electron chi connectivity index (χ4n) is 5.49. The van der Waals surface area contributed by atoms with Crippen LogP contribution in [-0.2, 0) is 19.5 Å². The molecule has 0 amide bonds. The molecule has 0 saturated heterocycles. The number of hydrogen-bond acceptors (Lipinski definition) is 0. The normalized spacial score (nSPS) is 11.5. The van der Waals surface area contributed by atoms with Crippen LogP contribution >= 0.6 is 0 Å². The topological polar surface area (TPSA) is 8.81 Å². The minimum absolute atomic E-state index is 1.22. The molecule has 0 N–H and O–H groups in total. The van der Waals surface area contributed by atoms with Gasteiger partial charge < -0.3 is 0 Å². The van der Waals surface area contributed by atoms with E-state index in [1.807, 2.05) is 0 Å². The molecule has 2 heteroatoms. The third kappa shape index (κ3) is 18.2. The maximum atomic E-state index is 2.57. The molecule has 0 aliphatic heterocycles. The van der Waals surface area contributed by atoms with Crippen LogP contribution in [0.5, 0.6) is 0 Å². The van der Waals surface area contributed by atoms with Crippen molar-refractivity contribution in [3.8, 4) is 0 Å². The Labute approximate surface area is 221 Å². The molecule has 0 aliphatic rings. The van der Waals surface area contributed by atoms with Crippen molar-refractivity contribution in [2.24, 2.45) is 0 Å². The zero-order chi connectivity index (χ0) is 25.2. The highest BCUT2D eigenvalue weighted by Crippen LogP contribution is 2.14. The summed E-state index contributed by atoms with van der Waals surface area (Å²) >= 11 is 0. The number of hydrogen-bond donors (Lipinski definition) is 0. The molecule has 206 valence electrons. The number of nitrogens with zero attached hydrogens (tertiary/aromatic N) is 2. The monoisotopic (exact) mass is 490 g/mol. The number of rotatable bonds is 27. The Bertz CT molecular complexity index is 547. The first-order valence-electron chi connectivity index (χ1n) is 16.4. The summed E-state index contributed by atoms with van der Waals surface area (Å²) in [5, 5.41) is 0. The number of unbranched alkanes of at least 4 members (excludes halogenated alkanes) is 21. The molecule has 0 aromatic carbocycles. The molecule has 1 rings (SSSR count). The molecule has 35 heavy (non-hydrogen) atoms. The molecular weight excluding hydrogens is 424 g/mol. The maximum Gasteiger partial charge on any atom is 0.256 e. The minimum atomic E-state index is 1.22. The largest absolute Gasteiger partial charge is 0.256 e. The Kier molecular flexibility index (Phi) is 22.9. The second-order valence-corrected chi connectivity index (χ2v) is 11.3. The second kappa shape index (κ2) is 24.9.